The van der Waals surface area contributed by atoms with E-state index in [0.717, 1.165) is 24.7 Å². The molecule has 0 aromatic carbocycles. The highest BCUT2D eigenvalue weighted by Gasteiger charge is 2.07. The average Bonchev–Trinajstić information content (AvgIpc) is 2.17. The van der Waals surface area contributed by atoms with Crippen molar-refractivity contribution >= 4 is 24.6 Å². The van der Waals surface area contributed by atoms with Gasteiger partial charge in [-0.3, -0.25) is 0 Å². The number of rotatable bonds is 5. The Labute approximate surface area is 102 Å². The van der Waals surface area contributed by atoms with Crippen LogP contribution in [0.1, 0.15) is 12.0 Å². The van der Waals surface area contributed by atoms with E-state index in [1.807, 2.05) is 26.3 Å². The van der Waals surface area contributed by atoms with Gasteiger partial charge in [0.05, 0.1) is 12.2 Å². The molecule has 0 aliphatic carbocycles. The van der Waals surface area contributed by atoms with Gasteiger partial charge in [-0.2, -0.15) is 0 Å². The summed E-state index contributed by atoms with van der Waals surface area (Å²) in [6.45, 7) is 6.32. The van der Waals surface area contributed by atoms with E-state index in [4.69, 9.17) is 11.6 Å². The first-order valence-electron chi connectivity index (χ1n) is 5.29. The number of anilines is 1. The molecule has 0 radical (unpaired) electrons. The third-order valence-electron chi connectivity index (χ3n) is 2.25. The van der Waals surface area contributed by atoms with Crippen LogP contribution in [0.2, 0.25) is 5.02 Å². The van der Waals surface area contributed by atoms with Crippen molar-refractivity contribution in [2.75, 3.05) is 31.4 Å². The topological polar surface area (TPSA) is 42.0 Å². The molecule has 1 aromatic heterocycles. The molecule has 0 unspecified atom stereocenters. The zero-order valence-corrected chi connectivity index (χ0v) is 11.6. The standard InChI is InChI=1S/C11H18ClN2OP/c1-9-5-7-14-11(10(9)12)13-6-4-8-16(2,3)15/h5,7H,4,6,8H2,1-3H3,(H,13,14). The van der Waals surface area contributed by atoms with E-state index >= 15 is 0 Å². The Morgan fingerprint density at radius 1 is 1.50 bits per heavy atom. The Balaban J connectivity index is 2.44. The number of aromatic nitrogens is 1. The molecule has 0 atom stereocenters. The molecule has 3 nitrogen and oxygen atoms in total. The quantitative estimate of drug-likeness (QED) is 0.651. The van der Waals surface area contributed by atoms with Crippen LogP contribution in [0, 0.1) is 6.92 Å². The number of nitrogens with one attached hydrogen (secondary N) is 1. The summed E-state index contributed by atoms with van der Waals surface area (Å²) < 4.78 is 11.5. The van der Waals surface area contributed by atoms with E-state index in [0.29, 0.717) is 10.8 Å². The molecular formula is C11H18ClN2OP. The lowest BCUT2D eigenvalue weighted by Crippen LogP contribution is -2.06. The molecule has 1 aromatic rings. The minimum absolute atomic E-state index is 0.665. The van der Waals surface area contributed by atoms with Gasteiger partial charge in [0.1, 0.15) is 5.82 Å². The SMILES string of the molecule is Cc1ccnc(NCCCP(C)(C)=O)c1Cl. The van der Waals surface area contributed by atoms with Gasteiger partial charge in [-0.1, -0.05) is 11.6 Å². The molecule has 5 heteroatoms. The van der Waals surface area contributed by atoms with Crippen LogP contribution in [0.25, 0.3) is 0 Å². The number of halogens is 1. The summed E-state index contributed by atoms with van der Waals surface area (Å²) in [6, 6.07) is 1.87. The maximum Gasteiger partial charge on any atom is 0.145 e. The second kappa shape index (κ2) is 5.70. The summed E-state index contributed by atoms with van der Waals surface area (Å²) in [7, 11) is -1.90. The van der Waals surface area contributed by atoms with Crippen LogP contribution in [0.5, 0.6) is 0 Å². The van der Waals surface area contributed by atoms with E-state index in [1.165, 1.54) is 0 Å². The molecule has 1 N–H and O–H groups in total. The van der Waals surface area contributed by atoms with Gasteiger partial charge in [-0.25, -0.2) is 4.98 Å². The molecule has 0 bridgehead atoms. The predicted molar refractivity (Wildman–Crippen MR) is 71.4 cm³/mol. The monoisotopic (exact) mass is 260 g/mol. The lowest BCUT2D eigenvalue weighted by atomic mass is 10.3. The Hall–Kier alpha value is -0.530. The van der Waals surface area contributed by atoms with Gasteiger partial charge >= 0.3 is 0 Å². The van der Waals surface area contributed by atoms with Crippen LogP contribution in [-0.2, 0) is 4.57 Å². The fourth-order valence-corrected chi connectivity index (χ4v) is 2.43. The normalized spacial score (nSPS) is 11.5. The molecule has 0 saturated carbocycles. The van der Waals surface area contributed by atoms with Crippen molar-refractivity contribution in [3.8, 4) is 0 Å². The largest absolute Gasteiger partial charge is 0.369 e. The van der Waals surface area contributed by atoms with Gasteiger partial charge in [-0.05, 0) is 38.3 Å². The Morgan fingerprint density at radius 3 is 2.81 bits per heavy atom. The number of hydrogen-bond donors (Lipinski definition) is 1. The van der Waals surface area contributed by atoms with Crippen LogP contribution in [0.4, 0.5) is 5.82 Å². The Kier molecular flexibility index (Phi) is 4.82. The molecule has 90 valence electrons. The maximum absolute atomic E-state index is 11.5. The van der Waals surface area contributed by atoms with Gasteiger partial charge in [-0.15, -0.1) is 0 Å². The zero-order chi connectivity index (χ0) is 12.2. The van der Waals surface area contributed by atoms with Gasteiger partial charge in [0.2, 0.25) is 0 Å². The van der Waals surface area contributed by atoms with Crippen molar-refractivity contribution in [2.24, 2.45) is 0 Å². The van der Waals surface area contributed by atoms with Crippen molar-refractivity contribution in [1.29, 1.82) is 0 Å². The fraction of sp³-hybridized carbons (Fsp3) is 0.545. The van der Waals surface area contributed by atoms with E-state index < -0.39 is 7.14 Å². The van der Waals surface area contributed by atoms with Crippen LogP contribution in [0.3, 0.4) is 0 Å². The molecule has 0 aliphatic heterocycles. The highest BCUT2D eigenvalue weighted by molar-refractivity contribution is 7.62. The molecule has 0 amide bonds. The van der Waals surface area contributed by atoms with Crippen LogP contribution in [-0.4, -0.2) is 31.0 Å². The van der Waals surface area contributed by atoms with Crippen molar-refractivity contribution in [3.63, 3.8) is 0 Å². The van der Waals surface area contributed by atoms with Gasteiger partial charge in [0.25, 0.3) is 0 Å². The van der Waals surface area contributed by atoms with E-state index in [-0.39, 0.29) is 0 Å². The first-order chi connectivity index (χ1) is 7.40. The summed E-state index contributed by atoms with van der Waals surface area (Å²) in [6.07, 6.45) is 3.35. The summed E-state index contributed by atoms with van der Waals surface area (Å²) in [5.74, 6) is 0.712. The molecule has 0 saturated heterocycles. The molecule has 1 rings (SSSR count). The molecule has 1 heterocycles. The highest BCUT2D eigenvalue weighted by Crippen LogP contribution is 2.36. The predicted octanol–water partition coefficient (Wildman–Crippen LogP) is 3.47. The van der Waals surface area contributed by atoms with E-state index in [9.17, 15) is 4.57 Å². The van der Waals surface area contributed by atoms with Crippen molar-refractivity contribution in [1.82, 2.24) is 4.98 Å². The first kappa shape index (κ1) is 13.5. The van der Waals surface area contributed by atoms with E-state index in [1.54, 1.807) is 6.20 Å². The average molecular weight is 261 g/mol. The minimum Gasteiger partial charge on any atom is -0.369 e. The van der Waals surface area contributed by atoms with Crippen molar-refractivity contribution < 1.29 is 4.57 Å². The van der Waals surface area contributed by atoms with Crippen LogP contribution >= 0.6 is 18.7 Å². The van der Waals surface area contributed by atoms with Gasteiger partial charge in [0, 0.05) is 18.9 Å². The molecule has 0 fully saturated rings. The third kappa shape index (κ3) is 4.54. The maximum atomic E-state index is 11.5. The smallest absolute Gasteiger partial charge is 0.145 e. The third-order valence-corrected chi connectivity index (χ3v) is 4.12. The minimum atomic E-state index is -1.90. The highest BCUT2D eigenvalue weighted by atomic mass is 35.5. The summed E-state index contributed by atoms with van der Waals surface area (Å²) in [5, 5.41) is 3.83. The fourth-order valence-electron chi connectivity index (χ4n) is 1.33. The Bertz CT molecular complexity index is 403. The van der Waals surface area contributed by atoms with Crippen molar-refractivity contribution in [3.05, 3.63) is 22.8 Å². The lowest BCUT2D eigenvalue weighted by molar-refractivity contribution is 0.581. The lowest BCUT2D eigenvalue weighted by Gasteiger charge is -2.10. The van der Waals surface area contributed by atoms with Crippen LogP contribution in [0.15, 0.2) is 12.3 Å². The number of nitrogens with zero attached hydrogens (tertiary/aromatic N) is 1. The number of hydrogen-bond acceptors (Lipinski definition) is 3. The number of pyridine rings is 1. The molecule has 0 spiro atoms. The first-order valence-corrected chi connectivity index (χ1v) is 8.45. The van der Waals surface area contributed by atoms with Crippen molar-refractivity contribution in [2.45, 2.75) is 13.3 Å². The summed E-state index contributed by atoms with van der Waals surface area (Å²) in [4.78, 5) is 4.16. The summed E-state index contributed by atoms with van der Waals surface area (Å²) >= 11 is 6.08. The second-order valence-corrected chi connectivity index (χ2v) is 8.34. The second-order valence-electron chi connectivity index (χ2n) is 4.37. The van der Waals surface area contributed by atoms with Gasteiger partial charge < -0.3 is 9.88 Å². The van der Waals surface area contributed by atoms with Gasteiger partial charge in [0.15, 0.2) is 0 Å². The molecule has 16 heavy (non-hydrogen) atoms. The summed E-state index contributed by atoms with van der Waals surface area (Å²) in [5.41, 5.74) is 1.01. The Morgan fingerprint density at radius 2 is 2.19 bits per heavy atom. The molecular weight excluding hydrogens is 243 g/mol. The van der Waals surface area contributed by atoms with Crippen LogP contribution < -0.4 is 5.32 Å². The number of aryl methyl sites for hydroxylation is 1. The van der Waals surface area contributed by atoms with E-state index in [2.05, 4.69) is 10.3 Å². The zero-order valence-electron chi connectivity index (χ0n) is 9.96. The molecule has 0 aliphatic rings.